The first-order chi connectivity index (χ1) is 13.0. The van der Waals surface area contributed by atoms with Gasteiger partial charge in [0.05, 0.1) is 15.6 Å². The summed E-state index contributed by atoms with van der Waals surface area (Å²) >= 11 is 6.17. The number of ether oxygens (including phenoxy) is 2. The zero-order chi connectivity index (χ0) is 19.2. The lowest BCUT2D eigenvalue weighted by Crippen LogP contribution is -2.17. The fourth-order valence-electron chi connectivity index (χ4n) is 2.56. The highest BCUT2D eigenvalue weighted by Crippen LogP contribution is 2.38. The van der Waals surface area contributed by atoms with Gasteiger partial charge in [-0.15, -0.1) is 0 Å². The lowest BCUT2D eigenvalue weighted by Gasteiger charge is -2.20. The van der Waals surface area contributed by atoms with Crippen molar-refractivity contribution < 1.29 is 19.2 Å². The van der Waals surface area contributed by atoms with Crippen LogP contribution in [0.5, 0.6) is 11.5 Å². The van der Waals surface area contributed by atoms with Gasteiger partial charge in [0.2, 0.25) is 5.91 Å². The number of rotatable bonds is 7. The third kappa shape index (κ3) is 5.01. The number of amides is 1. The number of benzene rings is 2. The molecule has 2 aromatic rings. The molecule has 0 aliphatic carbocycles. The molecule has 0 fully saturated rings. The fraction of sp³-hybridized carbons (Fsp3) is 0.278. The van der Waals surface area contributed by atoms with E-state index in [-0.39, 0.29) is 11.6 Å². The van der Waals surface area contributed by atoms with Crippen LogP contribution in [-0.4, -0.2) is 30.6 Å². The molecule has 142 valence electrons. The van der Waals surface area contributed by atoms with Crippen LogP contribution in [0.3, 0.4) is 0 Å². The van der Waals surface area contributed by atoms with Gasteiger partial charge >= 0.3 is 0 Å². The molecule has 0 saturated carbocycles. The molecule has 0 unspecified atom stereocenters. The summed E-state index contributed by atoms with van der Waals surface area (Å²) in [6.07, 6.45) is 0.885. The molecule has 2 aromatic carbocycles. The van der Waals surface area contributed by atoms with Gasteiger partial charge in [-0.3, -0.25) is 14.9 Å². The average Bonchev–Trinajstić information content (AvgIpc) is 2.66. The van der Waals surface area contributed by atoms with Crippen LogP contribution >= 0.6 is 11.6 Å². The fourth-order valence-corrected chi connectivity index (χ4v) is 2.76. The van der Waals surface area contributed by atoms with Crippen LogP contribution < -0.4 is 20.1 Å². The second kappa shape index (κ2) is 8.59. The molecule has 0 atom stereocenters. The molecule has 0 aromatic heterocycles. The number of non-ortho nitro benzene ring substituents is 1. The standard InChI is InChI=1S/C18H18ClN3O5/c19-14-10-16-17(27-9-8-26-16)11-15(14)21-18(23)2-1-7-20-12-3-5-13(6-4-12)22(24)25/h3-6,10-11,20H,1-2,7-9H2,(H,21,23). The number of anilines is 2. The Morgan fingerprint density at radius 3 is 2.48 bits per heavy atom. The highest BCUT2D eigenvalue weighted by atomic mass is 35.5. The first kappa shape index (κ1) is 18.8. The molecule has 3 rings (SSSR count). The van der Waals surface area contributed by atoms with Crippen molar-refractivity contribution in [2.24, 2.45) is 0 Å². The van der Waals surface area contributed by atoms with E-state index in [0.717, 1.165) is 5.69 Å². The average molecular weight is 392 g/mol. The van der Waals surface area contributed by atoms with E-state index in [0.29, 0.717) is 54.8 Å². The van der Waals surface area contributed by atoms with Gasteiger partial charge in [0.15, 0.2) is 11.5 Å². The molecule has 1 aliphatic rings. The number of carbonyl (C=O) groups is 1. The zero-order valence-electron chi connectivity index (χ0n) is 14.4. The van der Waals surface area contributed by atoms with Crippen LogP contribution in [0, 0.1) is 10.1 Å². The minimum atomic E-state index is -0.447. The highest BCUT2D eigenvalue weighted by molar-refractivity contribution is 6.34. The van der Waals surface area contributed by atoms with Gasteiger partial charge in [0.25, 0.3) is 5.69 Å². The number of nitro groups is 1. The first-order valence-electron chi connectivity index (χ1n) is 8.40. The van der Waals surface area contributed by atoms with E-state index in [1.165, 1.54) is 12.1 Å². The van der Waals surface area contributed by atoms with E-state index >= 15 is 0 Å². The van der Waals surface area contributed by atoms with Gasteiger partial charge in [-0.1, -0.05) is 11.6 Å². The summed E-state index contributed by atoms with van der Waals surface area (Å²) in [5.74, 6) is 0.955. The van der Waals surface area contributed by atoms with Crippen molar-refractivity contribution in [3.05, 3.63) is 51.5 Å². The maximum absolute atomic E-state index is 12.1. The largest absolute Gasteiger partial charge is 0.486 e. The first-order valence-corrected chi connectivity index (χ1v) is 8.78. The summed E-state index contributed by atoms with van der Waals surface area (Å²) in [6.45, 7) is 1.48. The Bertz CT molecular complexity index is 842. The van der Waals surface area contributed by atoms with E-state index < -0.39 is 4.92 Å². The molecule has 0 spiro atoms. The van der Waals surface area contributed by atoms with Crippen molar-refractivity contribution in [2.75, 3.05) is 30.4 Å². The Hall–Kier alpha value is -3.00. The molecule has 9 heteroatoms. The predicted molar refractivity (Wildman–Crippen MR) is 102 cm³/mol. The lowest BCUT2D eigenvalue weighted by atomic mass is 10.2. The Kier molecular flexibility index (Phi) is 5.97. The van der Waals surface area contributed by atoms with Gasteiger partial charge in [0.1, 0.15) is 13.2 Å². The van der Waals surface area contributed by atoms with Gasteiger partial charge in [-0.05, 0) is 18.6 Å². The minimum absolute atomic E-state index is 0.0382. The van der Waals surface area contributed by atoms with Crippen molar-refractivity contribution in [1.29, 1.82) is 0 Å². The summed E-state index contributed by atoms with van der Waals surface area (Å²) in [7, 11) is 0. The van der Waals surface area contributed by atoms with E-state index in [1.54, 1.807) is 24.3 Å². The summed E-state index contributed by atoms with van der Waals surface area (Å²) < 4.78 is 10.9. The maximum atomic E-state index is 12.1. The third-order valence-electron chi connectivity index (χ3n) is 3.89. The molecule has 0 saturated heterocycles. The predicted octanol–water partition coefficient (Wildman–Crippen LogP) is 3.85. The Morgan fingerprint density at radius 2 is 1.81 bits per heavy atom. The molecule has 8 nitrogen and oxygen atoms in total. The molecular weight excluding hydrogens is 374 g/mol. The number of fused-ring (bicyclic) bond motifs is 1. The van der Waals surface area contributed by atoms with Crippen molar-refractivity contribution in [3.63, 3.8) is 0 Å². The monoisotopic (exact) mass is 391 g/mol. The van der Waals surface area contributed by atoms with Crippen molar-refractivity contribution >= 4 is 34.6 Å². The lowest BCUT2D eigenvalue weighted by molar-refractivity contribution is -0.384. The van der Waals surface area contributed by atoms with Gasteiger partial charge in [0, 0.05) is 42.9 Å². The number of nitrogens with zero attached hydrogens (tertiary/aromatic N) is 1. The summed E-state index contributed by atoms with van der Waals surface area (Å²) in [4.78, 5) is 22.3. The zero-order valence-corrected chi connectivity index (χ0v) is 15.1. The van der Waals surface area contributed by atoms with Crippen LogP contribution in [0.15, 0.2) is 36.4 Å². The number of carbonyl (C=O) groups excluding carboxylic acids is 1. The molecule has 1 amide bonds. The normalized spacial score (nSPS) is 12.3. The van der Waals surface area contributed by atoms with Crippen LogP contribution in [0.4, 0.5) is 17.1 Å². The summed E-state index contributed by atoms with van der Waals surface area (Å²) in [5, 5.41) is 16.9. The molecule has 27 heavy (non-hydrogen) atoms. The number of hydrogen-bond donors (Lipinski definition) is 2. The summed E-state index contributed by atoms with van der Waals surface area (Å²) in [6, 6.07) is 9.41. The SMILES string of the molecule is O=C(CCCNc1ccc([N+](=O)[O-])cc1)Nc1cc2c(cc1Cl)OCCO2. The van der Waals surface area contributed by atoms with Gasteiger partial charge in [-0.2, -0.15) is 0 Å². The second-order valence-corrected chi connectivity index (χ2v) is 6.27. The number of hydrogen-bond acceptors (Lipinski definition) is 6. The van der Waals surface area contributed by atoms with Crippen molar-refractivity contribution in [3.8, 4) is 11.5 Å². The molecule has 2 N–H and O–H groups in total. The Labute approximate surface area is 160 Å². The molecule has 1 heterocycles. The molecular formula is C18H18ClN3O5. The second-order valence-electron chi connectivity index (χ2n) is 5.86. The van der Waals surface area contributed by atoms with Crippen LogP contribution in [0.2, 0.25) is 5.02 Å². The highest BCUT2D eigenvalue weighted by Gasteiger charge is 2.16. The number of nitrogens with one attached hydrogen (secondary N) is 2. The van der Waals surface area contributed by atoms with Crippen molar-refractivity contribution in [2.45, 2.75) is 12.8 Å². The molecule has 0 bridgehead atoms. The van der Waals surface area contributed by atoms with Gasteiger partial charge < -0.3 is 20.1 Å². The Balaban J connectivity index is 1.45. The topological polar surface area (TPSA) is 103 Å². The van der Waals surface area contributed by atoms with E-state index in [4.69, 9.17) is 21.1 Å². The third-order valence-corrected chi connectivity index (χ3v) is 4.21. The Morgan fingerprint density at radius 1 is 1.15 bits per heavy atom. The van der Waals surface area contributed by atoms with Gasteiger partial charge in [-0.25, -0.2) is 0 Å². The minimum Gasteiger partial charge on any atom is -0.486 e. The van der Waals surface area contributed by atoms with Crippen LogP contribution in [0.1, 0.15) is 12.8 Å². The van der Waals surface area contributed by atoms with E-state index in [9.17, 15) is 14.9 Å². The van der Waals surface area contributed by atoms with Crippen molar-refractivity contribution in [1.82, 2.24) is 0 Å². The van der Waals surface area contributed by atoms with Crippen LogP contribution in [-0.2, 0) is 4.79 Å². The van der Waals surface area contributed by atoms with E-state index in [1.807, 2.05) is 0 Å². The quantitative estimate of drug-likeness (QED) is 0.422. The maximum Gasteiger partial charge on any atom is 0.269 e. The van der Waals surface area contributed by atoms with E-state index in [2.05, 4.69) is 10.6 Å². The number of nitro benzene ring substituents is 1. The smallest absolute Gasteiger partial charge is 0.269 e. The molecule has 1 aliphatic heterocycles. The number of halogens is 1. The summed E-state index contributed by atoms with van der Waals surface area (Å²) in [5.41, 5.74) is 1.28. The molecule has 0 radical (unpaired) electrons. The van der Waals surface area contributed by atoms with Crippen LogP contribution in [0.25, 0.3) is 0 Å².